The van der Waals surface area contributed by atoms with E-state index < -0.39 is 0 Å². The first-order valence-corrected chi connectivity index (χ1v) is 9.22. The molecule has 0 heterocycles. The van der Waals surface area contributed by atoms with Crippen LogP contribution in [0.4, 0.5) is 0 Å². The van der Waals surface area contributed by atoms with Gasteiger partial charge in [-0.1, -0.05) is 54.6 Å². The van der Waals surface area contributed by atoms with Crippen LogP contribution in [0.1, 0.15) is 44.4 Å². The molecule has 4 nitrogen and oxygen atoms in total. The quantitative estimate of drug-likeness (QED) is 0.577. The fourth-order valence-corrected chi connectivity index (χ4v) is 2.51. The zero-order chi connectivity index (χ0) is 18.8. The van der Waals surface area contributed by atoms with Crippen LogP contribution in [0.3, 0.4) is 0 Å². The summed E-state index contributed by atoms with van der Waals surface area (Å²) in [4.78, 5) is 4.69. The average molecular weight is 354 g/mol. The SMILES string of the molecule is CCNC(=NCc1cccc(COCc2ccccc2)c1)NC(C)(C)C. The van der Waals surface area contributed by atoms with Crippen molar-refractivity contribution in [3.8, 4) is 0 Å². The van der Waals surface area contributed by atoms with Gasteiger partial charge in [0.1, 0.15) is 0 Å². The second-order valence-electron chi connectivity index (χ2n) is 7.37. The van der Waals surface area contributed by atoms with Crippen molar-refractivity contribution >= 4 is 5.96 Å². The summed E-state index contributed by atoms with van der Waals surface area (Å²) in [5.74, 6) is 0.839. The van der Waals surface area contributed by atoms with Gasteiger partial charge in [-0.15, -0.1) is 0 Å². The third-order valence-electron chi connectivity index (χ3n) is 3.63. The molecule has 0 aromatic heterocycles. The van der Waals surface area contributed by atoms with Crippen molar-refractivity contribution in [2.45, 2.75) is 53.0 Å². The zero-order valence-electron chi connectivity index (χ0n) is 16.4. The molecule has 0 saturated heterocycles. The minimum atomic E-state index is -0.0197. The van der Waals surface area contributed by atoms with Crippen LogP contribution in [0.5, 0.6) is 0 Å². The minimum absolute atomic E-state index is 0.0197. The van der Waals surface area contributed by atoms with Gasteiger partial charge in [-0.2, -0.15) is 0 Å². The molecule has 0 amide bonds. The number of guanidine groups is 1. The van der Waals surface area contributed by atoms with E-state index in [1.807, 2.05) is 18.2 Å². The van der Waals surface area contributed by atoms with Crippen LogP contribution in [-0.2, 0) is 24.5 Å². The van der Waals surface area contributed by atoms with E-state index in [0.717, 1.165) is 12.5 Å². The Labute approximate surface area is 157 Å². The van der Waals surface area contributed by atoms with Gasteiger partial charge in [0, 0.05) is 12.1 Å². The molecule has 0 aliphatic rings. The molecule has 0 radical (unpaired) electrons. The Hall–Kier alpha value is -2.33. The number of rotatable bonds is 7. The smallest absolute Gasteiger partial charge is 0.191 e. The number of ether oxygens (including phenoxy) is 1. The highest BCUT2D eigenvalue weighted by Crippen LogP contribution is 2.10. The molecular formula is C22H31N3O. The van der Waals surface area contributed by atoms with Gasteiger partial charge < -0.3 is 15.4 Å². The van der Waals surface area contributed by atoms with Crippen LogP contribution >= 0.6 is 0 Å². The third kappa shape index (κ3) is 7.70. The normalized spacial score (nSPS) is 12.1. The van der Waals surface area contributed by atoms with Crippen molar-refractivity contribution in [1.82, 2.24) is 10.6 Å². The van der Waals surface area contributed by atoms with Crippen molar-refractivity contribution in [3.05, 3.63) is 71.3 Å². The molecule has 0 saturated carbocycles. The monoisotopic (exact) mass is 353 g/mol. The maximum Gasteiger partial charge on any atom is 0.191 e. The Kier molecular flexibility index (Phi) is 7.67. The van der Waals surface area contributed by atoms with Gasteiger partial charge >= 0.3 is 0 Å². The van der Waals surface area contributed by atoms with E-state index in [2.05, 4.69) is 74.7 Å². The second kappa shape index (κ2) is 9.97. The Bertz CT molecular complexity index is 690. The summed E-state index contributed by atoms with van der Waals surface area (Å²) in [6, 6.07) is 18.7. The number of nitrogens with zero attached hydrogens (tertiary/aromatic N) is 1. The second-order valence-corrected chi connectivity index (χ2v) is 7.37. The molecule has 0 fully saturated rings. The molecule has 2 aromatic carbocycles. The van der Waals surface area contributed by atoms with E-state index in [9.17, 15) is 0 Å². The average Bonchev–Trinajstić information content (AvgIpc) is 2.60. The van der Waals surface area contributed by atoms with Crippen molar-refractivity contribution in [2.24, 2.45) is 4.99 Å². The molecule has 0 bridgehead atoms. The highest BCUT2D eigenvalue weighted by atomic mass is 16.5. The fourth-order valence-electron chi connectivity index (χ4n) is 2.51. The van der Waals surface area contributed by atoms with E-state index in [1.54, 1.807) is 0 Å². The van der Waals surface area contributed by atoms with Crippen LogP contribution in [0.2, 0.25) is 0 Å². The van der Waals surface area contributed by atoms with Gasteiger partial charge in [-0.3, -0.25) is 0 Å². The number of hydrogen-bond acceptors (Lipinski definition) is 2. The summed E-state index contributed by atoms with van der Waals surface area (Å²) in [7, 11) is 0. The molecular weight excluding hydrogens is 322 g/mol. The molecule has 0 aliphatic carbocycles. The first-order chi connectivity index (χ1) is 12.5. The van der Waals surface area contributed by atoms with E-state index in [4.69, 9.17) is 9.73 Å². The zero-order valence-corrected chi connectivity index (χ0v) is 16.4. The van der Waals surface area contributed by atoms with Crippen molar-refractivity contribution in [1.29, 1.82) is 0 Å². The molecule has 26 heavy (non-hydrogen) atoms. The maximum absolute atomic E-state index is 5.83. The topological polar surface area (TPSA) is 45.7 Å². The predicted octanol–water partition coefficient (Wildman–Crippen LogP) is 4.26. The molecule has 140 valence electrons. The molecule has 0 unspecified atom stereocenters. The molecule has 0 spiro atoms. The highest BCUT2D eigenvalue weighted by Gasteiger charge is 2.11. The summed E-state index contributed by atoms with van der Waals surface area (Å²) in [6.07, 6.45) is 0. The Morgan fingerprint density at radius 3 is 2.27 bits per heavy atom. The molecule has 0 aliphatic heterocycles. The number of benzene rings is 2. The van der Waals surface area contributed by atoms with Crippen molar-refractivity contribution < 1.29 is 4.74 Å². The first-order valence-electron chi connectivity index (χ1n) is 9.22. The van der Waals surface area contributed by atoms with Crippen molar-refractivity contribution in [3.63, 3.8) is 0 Å². The Morgan fingerprint density at radius 2 is 1.58 bits per heavy atom. The molecule has 4 heteroatoms. The summed E-state index contributed by atoms with van der Waals surface area (Å²) >= 11 is 0. The van der Waals surface area contributed by atoms with Crippen LogP contribution in [-0.4, -0.2) is 18.0 Å². The largest absolute Gasteiger partial charge is 0.372 e. The van der Waals surface area contributed by atoms with E-state index in [0.29, 0.717) is 19.8 Å². The van der Waals surface area contributed by atoms with Gasteiger partial charge in [-0.25, -0.2) is 4.99 Å². The van der Waals surface area contributed by atoms with Gasteiger partial charge in [0.2, 0.25) is 0 Å². The van der Waals surface area contributed by atoms with Gasteiger partial charge in [0.05, 0.1) is 19.8 Å². The Morgan fingerprint density at radius 1 is 0.923 bits per heavy atom. The standard InChI is InChI=1S/C22H31N3O/c1-5-23-21(25-22(2,3)4)24-15-19-12-9-13-20(14-19)17-26-16-18-10-7-6-8-11-18/h6-14H,5,15-17H2,1-4H3,(H2,23,24,25). The van der Waals surface area contributed by atoms with Gasteiger partial charge in [-0.05, 0) is 44.4 Å². The predicted molar refractivity (Wildman–Crippen MR) is 109 cm³/mol. The lowest BCUT2D eigenvalue weighted by Gasteiger charge is -2.23. The lowest BCUT2D eigenvalue weighted by molar-refractivity contribution is 0.107. The molecule has 2 aromatic rings. The highest BCUT2D eigenvalue weighted by molar-refractivity contribution is 5.80. The molecule has 2 N–H and O–H groups in total. The number of aliphatic imine (C=N–C) groups is 1. The Balaban J connectivity index is 1.91. The van der Waals surface area contributed by atoms with E-state index in [1.165, 1.54) is 16.7 Å². The van der Waals surface area contributed by atoms with Crippen LogP contribution < -0.4 is 10.6 Å². The first kappa shape index (κ1) is 20.0. The molecule has 0 atom stereocenters. The fraction of sp³-hybridized carbons (Fsp3) is 0.409. The van der Waals surface area contributed by atoms with E-state index >= 15 is 0 Å². The summed E-state index contributed by atoms with van der Waals surface area (Å²) in [5.41, 5.74) is 3.52. The van der Waals surface area contributed by atoms with Crippen LogP contribution in [0.25, 0.3) is 0 Å². The van der Waals surface area contributed by atoms with Gasteiger partial charge in [0.15, 0.2) is 5.96 Å². The molecule has 2 rings (SSSR count). The van der Waals surface area contributed by atoms with Gasteiger partial charge in [0.25, 0.3) is 0 Å². The lowest BCUT2D eigenvalue weighted by Crippen LogP contribution is -2.47. The summed E-state index contributed by atoms with van der Waals surface area (Å²) < 4.78 is 5.83. The third-order valence-corrected chi connectivity index (χ3v) is 3.63. The van der Waals surface area contributed by atoms with Crippen molar-refractivity contribution in [2.75, 3.05) is 6.54 Å². The number of nitrogens with one attached hydrogen (secondary N) is 2. The number of hydrogen-bond donors (Lipinski definition) is 2. The summed E-state index contributed by atoms with van der Waals surface area (Å²) in [5, 5.41) is 6.70. The lowest BCUT2D eigenvalue weighted by atomic mass is 10.1. The minimum Gasteiger partial charge on any atom is -0.372 e. The van der Waals surface area contributed by atoms with E-state index in [-0.39, 0.29) is 5.54 Å². The summed E-state index contributed by atoms with van der Waals surface area (Å²) in [6.45, 7) is 11.2. The van der Waals surface area contributed by atoms with Crippen LogP contribution in [0.15, 0.2) is 59.6 Å². The maximum atomic E-state index is 5.83. The van der Waals surface area contributed by atoms with Crippen LogP contribution in [0, 0.1) is 0 Å².